The Bertz CT molecular complexity index is 831. The molecular formula is C20H24ClNO2S. The predicted molar refractivity (Wildman–Crippen MR) is 103 cm³/mol. The van der Waals surface area contributed by atoms with Crippen LogP contribution in [-0.2, 0) is 28.6 Å². The van der Waals surface area contributed by atoms with Crippen LogP contribution in [0.4, 0.5) is 0 Å². The average molecular weight is 378 g/mol. The molecule has 0 fully saturated rings. The first kappa shape index (κ1) is 18.4. The molecule has 2 aromatic carbocycles. The summed E-state index contributed by atoms with van der Waals surface area (Å²) < 4.78 is 28.0. The van der Waals surface area contributed by atoms with Gasteiger partial charge in [-0.05, 0) is 66.5 Å². The van der Waals surface area contributed by atoms with E-state index in [1.807, 2.05) is 6.92 Å². The molecule has 0 saturated carbocycles. The largest absolute Gasteiger partial charge is 0.216 e. The van der Waals surface area contributed by atoms with E-state index in [1.165, 1.54) is 24.0 Å². The summed E-state index contributed by atoms with van der Waals surface area (Å²) in [5.74, 6) is -0.0361. The van der Waals surface area contributed by atoms with Crippen molar-refractivity contribution in [2.24, 2.45) is 0 Å². The molecule has 0 radical (unpaired) electrons. The first-order valence-electron chi connectivity index (χ1n) is 8.83. The Morgan fingerprint density at radius 3 is 2.40 bits per heavy atom. The molecule has 1 aliphatic rings. The maximum absolute atomic E-state index is 12.6. The van der Waals surface area contributed by atoms with Gasteiger partial charge in [0.1, 0.15) is 0 Å². The first-order chi connectivity index (χ1) is 12.0. The smallest absolute Gasteiger partial charge is 0.212 e. The summed E-state index contributed by atoms with van der Waals surface area (Å²) in [6.45, 7) is 2.01. The molecule has 3 rings (SSSR count). The number of rotatable bonds is 6. The fourth-order valence-corrected chi connectivity index (χ4v) is 4.99. The van der Waals surface area contributed by atoms with E-state index < -0.39 is 10.0 Å². The van der Waals surface area contributed by atoms with Crippen LogP contribution in [0.5, 0.6) is 0 Å². The van der Waals surface area contributed by atoms with E-state index in [-0.39, 0.29) is 11.8 Å². The Labute approximate surface area is 155 Å². The molecule has 2 aromatic rings. The summed E-state index contributed by atoms with van der Waals surface area (Å²) >= 11 is 5.86. The third kappa shape index (κ3) is 4.84. The predicted octanol–water partition coefficient (Wildman–Crippen LogP) is 4.79. The molecule has 0 spiro atoms. The number of halogens is 1. The summed E-state index contributed by atoms with van der Waals surface area (Å²) in [6.07, 6.45) is 5.41. The van der Waals surface area contributed by atoms with Gasteiger partial charge in [-0.25, -0.2) is 13.1 Å². The van der Waals surface area contributed by atoms with Crippen LogP contribution in [0.2, 0.25) is 5.02 Å². The van der Waals surface area contributed by atoms with Crippen molar-refractivity contribution in [1.82, 2.24) is 4.72 Å². The van der Waals surface area contributed by atoms with Gasteiger partial charge in [0, 0.05) is 11.1 Å². The second-order valence-electron chi connectivity index (χ2n) is 6.70. The van der Waals surface area contributed by atoms with Crippen LogP contribution in [-0.4, -0.2) is 8.42 Å². The molecule has 0 unspecified atom stereocenters. The van der Waals surface area contributed by atoms with Crippen molar-refractivity contribution in [3.8, 4) is 0 Å². The summed E-state index contributed by atoms with van der Waals surface area (Å²) in [5.41, 5.74) is 4.58. The van der Waals surface area contributed by atoms with Gasteiger partial charge < -0.3 is 0 Å². The number of hydrogen-bond acceptors (Lipinski definition) is 2. The molecule has 0 saturated heterocycles. The second-order valence-corrected chi connectivity index (χ2v) is 8.89. The molecular weight excluding hydrogens is 354 g/mol. The minimum absolute atomic E-state index is 0.0361. The molecule has 5 heteroatoms. The van der Waals surface area contributed by atoms with Gasteiger partial charge in [-0.3, -0.25) is 0 Å². The van der Waals surface area contributed by atoms with E-state index in [4.69, 9.17) is 11.6 Å². The van der Waals surface area contributed by atoms with Gasteiger partial charge in [0.25, 0.3) is 0 Å². The van der Waals surface area contributed by atoms with Crippen molar-refractivity contribution in [2.45, 2.75) is 50.8 Å². The van der Waals surface area contributed by atoms with Crippen LogP contribution in [0.3, 0.4) is 0 Å². The lowest BCUT2D eigenvalue weighted by Gasteiger charge is -2.21. The number of aryl methyl sites for hydroxylation is 2. The average Bonchev–Trinajstić information content (AvgIpc) is 2.61. The van der Waals surface area contributed by atoms with Crippen molar-refractivity contribution in [3.63, 3.8) is 0 Å². The normalized spacial score (nSPS) is 15.6. The highest BCUT2D eigenvalue weighted by atomic mass is 35.5. The summed E-state index contributed by atoms with van der Waals surface area (Å²) in [4.78, 5) is 0. The fourth-order valence-electron chi connectivity index (χ4n) is 3.42. The lowest BCUT2D eigenvalue weighted by atomic mass is 9.89. The number of sulfonamides is 1. The molecule has 0 amide bonds. The van der Waals surface area contributed by atoms with Gasteiger partial charge in [-0.1, -0.05) is 48.9 Å². The number of fused-ring (bicyclic) bond motifs is 1. The molecule has 25 heavy (non-hydrogen) atoms. The number of hydrogen-bond donors (Lipinski definition) is 1. The standard InChI is InChI=1S/C20H24ClNO2S/c1-2-20(18-10-9-16-5-3-4-6-17(16)13-18)22-25(23,24)14-15-7-11-19(21)12-8-15/h7-13,20,22H,2-6,14H2,1H3/t20-/m1/s1. The first-order valence-corrected chi connectivity index (χ1v) is 10.9. The van der Waals surface area contributed by atoms with E-state index >= 15 is 0 Å². The Balaban J connectivity index is 1.75. The molecule has 1 N–H and O–H groups in total. The monoisotopic (exact) mass is 377 g/mol. The highest BCUT2D eigenvalue weighted by molar-refractivity contribution is 7.88. The van der Waals surface area contributed by atoms with Crippen LogP contribution >= 0.6 is 11.6 Å². The van der Waals surface area contributed by atoms with Gasteiger partial charge in [-0.15, -0.1) is 0 Å². The lowest BCUT2D eigenvalue weighted by molar-refractivity contribution is 0.548. The summed E-state index contributed by atoms with van der Waals surface area (Å²) in [7, 11) is -3.42. The number of nitrogens with one attached hydrogen (secondary N) is 1. The van der Waals surface area contributed by atoms with Crippen LogP contribution < -0.4 is 4.72 Å². The van der Waals surface area contributed by atoms with Gasteiger partial charge in [0.15, 0.2) is 0 Å². The molecule has 0 heterocycles. The third-order valence-corrected chi connectivity index (χ3v) is 6.38. The molecule has 1 aliphatic carbocycles. The summed E-state index contributed by atoms with van der Waals surface area (Å²) in [6, 6.07) is 13.2. The Kier molecular flexibility index (Phi) is 5.82. The Hall–Kier alpha value is -1.36. The van der Waals surface area contributed by atoms with Crippen molar-refractivity contribution in [1.29, 1.82) is 0 Å². The molecule has 0 aliphatic heterocycles. The minimum atomic E-state index is -3.42. The SMILES string of the molecule is CC[C@@H](NS(=O)(=O)Cc1ccc(Cl)cc1)c1ccc2c(c1)CCCC2. The Morgan fingerprint density at radius 1 is 1.04 bits per heavy atom. The van der Waals surface area contributed by atoms with Gasteiger partial charge in [0.05, 0.1) is 5.75 Å². The molecule has 0 aromatic heterocycles. The molecule has 134 valence electrons. The van der Waals surface area contributed by atoms with Crippen LogP contribution in [0.25, 0.3) is 0 Å². The van der Waals surface area contributed by atoms with E-state index in [9.17, 15) is 8.42 Å². The highest BCUT2D eigenvalue weighted by Crippen LogP contribution is 2.26. The van der Waals surface area contributed by atoms with Crippen molar-refractivity contribution >= 4 is 21.6 Å². The quantitative estimate of drug-likeness (QED) is 0.786. The van der Waals surface area contributed by atoms with Crippen LogP contribution in [0.1, 0.15) is 54.5 Å². The summed E-state index contributed by atoms with van der Waals surface area (Å²) in [5, 5.41) is 0.606. The van der Waals surface area contributed by atoms with Crippen LogP contribution in [0.15, 0.2) is 42.5 Å². The molecule has 1 atom stereocenters. The van der Waals surface area contributed by atoms with E-state index in [1.54, 1.807) is 24.3 Å². The molecule has 0 bridgehead atoms. The zero-order valence-corrected chi connectivity index (χ0v) is 16.0. The van der Waals surface area contributed by atoms with Gasteiger partial charge in [0.2, 0.25) is 10.0 Å². The van der Waals surface area contributed by atoms with Crippen molar-refractivity contribution in [2.75, 3.05) is 0 Å². The second kappa shape index (κ2) is 7.90. The van der Waals surface area contributed by atoms with Crippen molar-refractivity contribution in [3.05, 3.63) is 69.7 Å². The maximum atomic E-state index is 12.6. The van der Waals surface area contributed by atoms with Gasteiger partial charge in [-0.2, -0.15) is 0 Å². The fraction of sp³-hybridized carbons (Fsp3) is 0.400. The van der Waals surface area contributed by atoms with E-state index in [2.05, 4.69) is 22.9 Å². The zero-order valence-electron chi connectivity index (χ0n) is 14.5. The lowest BCUT2D eigenvalue weighted by Crippen LogP contribution is -2.29. The molecule has 3 nitrogen and oxygen atoms in total. The zero-order chi connectivity index (χ0) is 17.9. The Morgan fingerprint density at radius 2 is 1.72 bits per heavy atom. The van der Waals surface area contributed by atoms with Gasteiger partial charge >= 0.3 is 0 Å². The van der Waals surface area contributed by atoms with E-state index in [0.29, 0.717) is 5.02 Å². The topological polar surface area (TPSA) is 46.2 Å². The third-order valence-electron chi connectivity index (χ3n) is 4.77. The number of benzene rings is 2. The van der Waals surface area contributed by atoms with E-state index in [0.717, 1.165) is 30.4 Å². The minimum Gasteiger partial charge on any atom is -0.212 e. The maximum Gasteiger partial charge on any atom is 0.216 e. The van der Waals surface area contributed by atoms with Crippen molar-refractivity contribution < 1.29 is 8.42 Å². The van der Waals surface area contributed by atoms with Crippen LogP contribution in [0, 0.1) is 0 Å². The highest BCUT2D eigenvalue weighted by Gasteiger charge is 2.20.